The predicted octanol–water partition coefficient (Wildman–Crippen LogP) is 3.26. The van der Waals surface area contributed by atoms with E-state index in [-0.39, 0.29) is 5.75 Å². The minimum Gasteiger partial charge on any atom is -0.224 e. The second-order valence-corrected chi connectivity index (χ2v) is 5.79. The third-order valence-electron chi connectivity index (χ3n) is 2.30. The van der Waals surface area contributed by atoms with Gasteiger partial charge < -0.3 is 0 Å². The standard InChI is InChI=1S/C13H18O2S/c1-2-3-7-11-16(14,15)12-10-13-8-5-4-6-9-13/h4-6,8-10,12H,2-3,7,11H2,1H3/b12-10+. The summed E-state index contributed by atoms with van der Waals surface area (Å²) in [6.07, 6.45) is 4.41. The van der Waals surface area contributed by atoms with E-state index in [1.165, 1.54) is 5.41 Å². The zero-order valence-electron chi connectivity index (χ0n) is 9.59. The van der Waals surface area contributed by atoms with Crippen LogP contribution < -0.4 is 0 Å². The lowest BCUT2D eigenvalue weighted by Crippen LogP contribution is -2.01. The van der Waals surface area contributed by atoms with Gasteiger partial charge in [0.25, 0.3) is 0 Å². The molecule has 0 aromatic heterocycles. The maximum atomic E-state index is 11.6. The van der Waals surface area contributed by atoms with Gasteiger partial charge in [0.05, 0.1) is 5.75 Å². The average molecular weight is 238 g/mol. The SMILES string of the molecule is CCCCCS(=O)(=O)/C=C/c1ccccc1. The topological polar surface area (TPSA) is 34.1 Å². The Kier molecular flexibility index (Phi) is 5.26. The van der Waals surface area contributed by atoms with Gasteiger partial charge >= 0.3 is 0 Å². The van der Waals surface area contributed by atoms with Crippen molar-refractivity contribution < 1.29 is 8.42 Å². The van der Waals surface area contributed by atoms with Crippen LogP contribution in [0.1, 0.15) is 31.7 Å². The number of benzene rings is 1. The van der Waals surface area contributed by atoms with Crippen molar-refractivity contribution in [1.29, 1.82) is 0 Å². The Morgan fingerprint density at radius 1 is 1.12 bits per heavy atom. The molecule has 0 fully saturated rings. The molecule has 88 valence electrons. The maximum absolute atomic E-state index is 11.6. The molecule has 0 saturated heterocycles. The first kappa shape index (κ1) is 13.0. The van der Waals surface area contributed by atoms with Crippen molar-refractivity contribution in [2.24, 2.45) is 0 Å². The molecule has 0 atom stereocenters. The zero-order chi connectivity index (χ0) is 11.9. The number of hydrogen-bond donors (Lipinski definition) is 0. The third-order valence-corrected chi connectivity index (χ3v) is 3.71. The molecule has 0 bridgehead atoms. The van der Waals surface area contributed by atoms with E-state index in [0.717, 1.165) is 24.8 Å². The lowest BCUT2D eigenvalue weighted by Gasteiger charge is -1.97. The molecule has 0 heterocycles. The van der Waals surface area contributed by atoms with Crippen LogP contribution in [0, 0.1) is 0 Å². The molecule has 0 aliphatic rings. The van der Waals surface area contributed by atoms with E-state index in [2.05, 4.69) is 6.92 Å². The third kappa shape index (κ3) is 5.12. The van der Waals surface area contributed by atoms with E-state index in [9.17, 15) is 8.42 Å². The molecule has 0 radical (unpaired) electrons. The number of sulfone groups is 1. The van der Waals surface area contributed by atoms with Crippen LogP contribution in [0.3, 0.4) is 0 Å². The quantitative estimate of drug-likeness (QED) is 0.713. The second-order valence-electron chi connectivity index (χ2n) is 3.79. The Bertz CT molecular complexity index is 419. The van der Waals surface area contributed by atoms with Gasteiger partial charge in [0.1, 0.15) is 0 Å². The average Bonchev–Trinajstić information content (AvgIpc) is 2.28. The van der Waals surface area contributed by atoms with Gasteiger partial charge in [-0.2, -0.15) is 0 Å². The van der Waals surface area contributed by atoms with Crippen molar-refractivity contribution in [3.63, 3.8) is 0 Å². The molecule has 1 aromatic carbocycles. The molecule has 1 aromatic rings. The van der Waals surface area contributed by atoms with Gasteiger partial charge in [0, 0.05) is 5.41 Å². The van der Waals surface area contributed by atoms with Crippen LogP contribution in [-0.4, -0.2) is 14.2 Å². The fraction of sp³-hybridized carbons (Fsp3) is 0.385. The van der Waals surface area contributed by atoms with Crippen molar-refractivity contribution in [3.05, 3.63) is 41.3 Å². The van der Waals surface area contributed by atoms with Crippen molar-refractivity contribution in [2.45, 2.75) is 26.2 Å². The zero-order valence-corrected chi connectivity index (χ0v) is 10.4. The van der Waals surface area contributed by atoms with Gasteiger partial charge in [-0.1, -0.05) is 50.1 Å². The van der Waals surface area contributed by atoms with Crippen LogP contribution in [0.25, 0.3) is 6.08 Å². The Labute approximate surface area is 97.9 Å². The summed E-state index contributed by atoms with van der Waals surface area (Å²) in [7, 11) is -3.03. The summed E-state index contributed by atoms with van der Waals surface area (Å²) in [5.41, 5.74) is 0.918. The highest BCUT2D eigenvalue weighted by Crippen LogP contribution is 2.06. The van der Waals surface area contributed by atoms with Gasteiger partial charge in [-0.15, -0.1) is 0 Å². The largest absolute Gasteiger partial charge is 0.224 e. The molecule has 0 saturated carbocycles. The fourth-order valence-corrected chi connectivity index (χ4v) is 2.47. The van der Waals surface area contributed by atoms with Crippen LogP contribution in [0.4, 0.5) is 0 Å². The van der Waals surface area contributed by atoms with E-state index in [1.807, 2.05) is 30.3 Å². The summed E-state index contributed by atoms with van der Waals surface area (Å²) in [6, 6.07) is 9.47. The highest BCUT2D eigenvalue weighted by atomic mass is 32.2. The molecular formula is C13H18O2S. The van der Waals surface area contributed by atoms with Crippen molar-refractivity contribution in [2.75, 3.05) is 5.75 Å². The normalized spacial score (nSPS) is 12.1. The van der Waals surface area contributed by atoms with E-state index < -0.39 is 9.84 Å². The molecule has 1 rings (SSSR count). The Balaban J connectivity index is 2.56. The Hall–Kier alpha value is -1.09. The van der Waals surface area contributed by atoms with Crippen LogP contribution in [0.15, 0.2) is 35.7 Å². The first-order valence-electron chi connectivity index (χ1n) is 5.60. The molecular weight excluding hydrogens is 220 g/mol. The molecule has 0 amide bonds. The lowest BCUT2D eigenvalue weighted by atomic mass is 10.2. The van der Waals surface area contributed by atoms with Gasteiger partial charge in [-0.05, 0) is 18.1 Å². The molecule has 16 heavy (non-hydrogen) atoms. The summed E-state index contributed by atoms with van der Waals surface area (Å²) >= 11 is 0. The first-order chi connectivity index (χ1) is 7.64. The van der Waals surface area contributed by atoms with Crippen LogP contribution in [0.5, 0.6) is 0 Å². The number of hydrogen-bond acceptors (Lipinski definition) is 2. The molecule has 0 aliphatic carbocycles. The number of rotatable bonds is 6. The monoisotopic (exact) mass is 238 g/mol. The molecule has 0 unspecified atom stereocenters. The van der Waals surface area contributed by atoms with E-state index in [4.69, 9.17) is 0 Å². The summed E-state index contributed by atoms with van der Waals surface area (Å²) < 4.78 is 23.2. The minimum atomic E-state index is -3.03. The highest BCUT2D eigenvalue weighted by Gasteiger charge is 2.04. The molecule has 0 aliphatic heterocycles. The van der Waals surface area contributed by atoms with Crippen LogP contribution >= 0.6 is 0 Å². The first-order valence-corrected chi connectivity index (χ1v) is 7.31. The molecule has 0 N–H and O–H groups in total. The minimum absolute atomic E-state index is 0.254. The predicted molar refractivity (Wildman–Crippen MR) is 68.8 cm³/mol. The van der Waals surface area contributed by atoms with E-state index in [1.54, 1.807) is 6.08 Å². The summed E-state index contributed by atoms with van der Waals surface area (Å²) in [5, 5.41) is 1.32. The Morgan fingerprint density at radius 2 is 1.81 bits per heavy atom. The van der Waals surface area contributed by atoms with E-state index in [0.29, 0.717) is 0 Å². The van der Waals surface area contributed by atoms with Crippen LogP contribution in [0.2, 0.25) is 0 Å². The summed E-state index contributed by atoms with van der Waals surface area (Å²) in [6.45, 7) is 2.06. The fourth-order valence-electron chi connectivity index (χ4n) is 1.37. The maximum Gasteiger partial charge on any atom is 0.171 e. The molecule has 2 nitrogen and oxygen atoms in total. The van der Waals surface area contributed by atoms with Crippen molar-refractivity contribution in [1.82, 2.24) is 0 Å². The van der Waals surface area contributed by atoms with Gasteiger partial charge in [-0.25, -0.2) is 8.42 Å². The smallest absolute Gasteiger partial charge is 0.171 e. The van der Waals surface area contributed by atoms with Gasteiger partial charge in [-0.3, -0.25) is 0 Å². The van der Waals surface area contributed by atoms with Crippen molar-refractivity contribution >= 4 is 15.9 Å². The highest BCUT2D eigenvalue weighted by molar-refractivity contribution is 7.94. The van der Waals surface area contributed by atoms with Gasteiger partial charge in [0.15, 0.2) is 9.84 Å². The summed E-state index contributed by atoms with van der Waals surface area (Å²) in [5.74, 6) is 0.254. The molecule has 0 spiro atoms. The molecule has 3 heteroatoms. The van der Waals surface area contributed by atoms with Crippen LogP contribution in [-0.2, 0) is 9.84 Å². The lowest BCUT2D eigenvalue weighted by molar-refractivity contribution is 0.599. The number of unbranched alkanes of at least 4 members (excludes halogenated alkanes) is 2. The van der Waals surface area contributed by atoms with Gasteiger partial charge in [0.2, 0.25) is 0 Å². The Morgan fingerprint density at radius 3 is 2.44 bits per heavy atom. The second kappa shape index (κ2) is 6.48. The van der Waals surface area contributed by atoms with Crippen molar-refractivity contribution in [3.8, 4) is 0 Å². The summed E-state index contributed by atoms with van der Waals surface area (Å²) in [4.78, 5) is 0. The van der Waals surface area contributed by atoms with E-state index >= 15 is 0 Å².